The molecule has 0 bridgehead atoms. The summed E-state index contributed by atoms with van der Waals surface area (Å²) in [7, 11) is 1.61. The summed E-state index contributed by atoms with van der Waals surface area (Å²) in [5.41, 5.74) is 1.48. The van der Waals surface area contributed by atoms with Crippen LogP contribution in [0.4, 0.5) is 5.69 Å². The topological polar surface area (TPSA) is 81.9 Å². The maximum atomic E-state index is 12.2. The summed E-state index contributed by atoms with van der Waals surface area (Å²) in [4.78, 5) is 20.4. The Bertz CT molecular complexity index is 784. The molecule has 1 N–H and O–H groups in total. The molecule has 3 rings (SSSR count). The van der Waals surface area contributed by atoms with Crippen LogP contribution in [0.15, 0.2) is 55.2 Å². The first kappa shape index (κ1) is 14.7. The van der Waals surface area contributed by atoms with Gasteiger partial charge in [-0.05, 0) is 29.8 Å². The van der Waals surface area contributed by atoms with Gasteiger partial charge in [-0.15, -0.1) is 0 Å². The Morgan fingerprint density at radius 2 is 2.09 bits per heavy atom. The Morgan fingerprint density at radius 1 is 1.26 bits per heavy atom. The number of carbonyl (C=O) groups is 1. The van der Waals surface area contributed by atoms with Gasteiger partial charge in [-0.3, -0.25) is 4.79 Å². The van der Waals surface area contributed by atoms with Crippen molar-refractivity contribution in [2.45, 2.75) is 6.42 Å². The van der Waals surface area contributed by atoms with Gasteiger partial charge < -0.3 is 10.1 Å². The zero-order valence-corrected chi connectivity index (χ0v) is 12.5. The van der Waals surface area contributed by atoms with Crippen molar-refractivity contribution in [3.05, 3.63) is 60.8 Å². The molecule has 1 amide bonds. The normalized spacial score (nSPS) is 10.3. The molecule has 0 atom stereocenters. The smallest absolute Gasteiger partial charge is 0.228 e. The number of pyridine rings is 1. The average molecular weight is 309 g/mol. The van der Waals surface area contributed by atoms with E-state index in [9.17, 15) is 4.79 Å². The first-order valence-corrected chi connectivity index (χ1v) is 6.99. The maximum Gasteiger partial charge on any atom is 0.228 e. The molecule has 0 radical (unpaired) electrons. The highest BCUT2D eigenvalue weighted by Crippen LogP contribution is 2.17. The van der Waals surface area contributed by atoms with E-state index in [1.165, 1.54) is 17.3 Å². The summed E-state index contributed by atoms with van der Waals surface area (Å²) in [6, 6.07) is 10.9. The standard InChI is InChI=1S/C16H15N5O2/c1-23-13-6-4-12(5-7-13)9-15(22)20-14-3-2-8-18-16(14)21-11-17-10-19-21/h2-8,10-11H,9H2,1H3,(H,20,22). The second-order valence-corrected chi connectivity index (χ2v) is 4.79. The van der Waals surface area contributed by atoms with Gasteiger partial charge in [-0.1, -0.05) is 12.1 Å². The van der Waals surface area contributed by atoms with Gasteiger partial charge in [0, 0.05) is 6.20 Å². The third-order valence-electron chi connectivity index (χ3n) is 3.22. The van der Waals surface area contributed by atoms with Crippen LogP contribution in [0.3, 0.4) is 0 Å². The minimum absolute atomic E-state index is 0.135. The van der Waals surface area contributed by atoms with Crippen LogP contribution in [0.25, 0.3) is 5.82 Å². The van der Waals surface area contributed by atoms with Crippen LogP contribution in [-0.2, 0) is 11.2 Å². The number of hydrogen-bond acceptors (Lipinski definition) is 5. The Balaban J connectivity index is 1.73. The van der Waals surface area contributed by atoms with Crippen molar-refractivity contribution in [1.82, 2.24) is 19.7 Å². The monoisotopic (exact) mass is 309 g/mol. The lowest BCUT2D eigenvalue weighted by Gasteiger charge is -2.09. The number of rotatable bonds is 5. The highest BCUT2D eigenvalue weighted by atomic mass is 16.5. The van der Waals surface area contributed by atoms with Crippen LogP contribution in [0.5, 0.6) is 5.75 Å². The largest absolute Gasteiger partial charge is 0.497 e. The molecule has 0 saturated heterocycles. The van der Waals surface area contributed by atoms with Crippen molar-refractivity contribution in [3.63, 3.8) is 0 Å². The van der Waals surface area contributed by atoms with Gasteiger partial charge in [0.15, 0.2) is 5.82 Å². The molecule has 1 aromatic carbocycles. The Hall–Kier alpha value is -3.22. The lowest BCUT2D eigenvalue weighted by molar-refractivity contribution is -0.115. The van der Waals surface area contributed by atoms with E-state index in [0.717, 1.165) is 11.3 Å². The molecule has 23 heavy (non-hydrogen) atoms. The highest BCUT2D eigenvalue weighted by molar-refractivity contribution is 5.93. The summed E-state index contributed by atoms with van der Waals surface area (Å²) in [6.07, 6.45) is 4.84. The molecular weight excluding hydrogens is 294 g/mol. The Kier molecular flexibility index (Phi) is 4.28. The number of nitrogens with one attached hydrogen (secondary N) is 1. The molecular formula is C16H15N5O2. The predicted molar refractivity (Wildman–Crippen MR) is 84.5 cm³/mol. The van der Waals surface area contributed by atoms with Crippen molar-refractivity contribution in [1.29, 1.82) is 0 Å². The van der Waals surface area contributed by atoms with Gasteiger partial charge in [0.25, 0.3) is 0 Å². The number of benzene rings is 1. The quantitative estimate of drug-likeness (QED) is 0.778. The molecule has 0 saturated carbocycles. The van der Waals surface area contributed by atoms with Crippen LogP contribution in [0.1, 0.15) is 5.56 Å². The number of hydrogen-bond donors (Lipinski definition) is 1. The number of nitrogens with zero attached hydrogens (tertiary/aromatic N) is 4. The minimum atomic E-state index is -0.135. The van der Waals surface area contributed by atoms with E-state index in [2.05, 4.69) is 20.4 Å². The summed E-state index contributed by atoms with van der Waals surface area (Å²) < 4.78 is 6.61. The van der Waals surface area contributed by atoms with Crippen LogP contribution in [-0.4, -0.2) is 32.8 Å². The van der Waals surface area contributed by atoms with Gasteiger partial charge in [-0.25, -0.2) is 14.6 Å². The summed E-state index contributed by atoms with van der Waals surface area (Å²) in [5.74, 6) is 1.15. The number of amides is 1. The van der Waals surface area contributed by atoms with Crippen molar-refractivity contribution < 1.29 is 9.53 Å². The van der Waals surface area contributed by atoms with Crippen LogP contribution < -0.4 is 10.1 Å². The lowest BCUT2D eigenvalue weighted by Crippen LogP contribution is -2.16. The number of carbonyl (C=O) groups excluding carboxylic acids is 1. The van der Waals surface area contributed by atoms with Crippen molar-refractivity contribution in [2.75, 3.05) is 12.4 Å². The molecule has 3 aromatic rings. The predicted octanol–water partition coefficient (Wildman–Crippen LogP) is 1.85. The first-order valence-electron chi connectivity index (χ1n) is 6.99. The number of ether oxygens (including phenoxy) is 1. The Morgan fingerprint density at radius 3 is 2.78 bits per heavy atom. The molecule has 0 aliphatic heterocycles. The maximum absolute atomic E-state index is 12.2. The van der Waals surface area contributed by atoms with E-state index in [-0.39, 0.29) is 12.3 Å². The molecule has 0 aliphatic carbocycles. The van der Waals surface area contributed by atoms with Crippen molar-refractivity contribution in [3.8, 4) is 11.6 Å². The van der Waals surface area contributed by atoms with Gasteiger partial charge in [0.2, 0.25) is 5.91 Å². The van der Waals surface area contributed by atoms with Gasteiger partial charge in [-0.2, -0.15) is 5.10 Å². The van der Waals surface area contributed by atoms with E-state index in [1.54, 1.807) is 25.4 Å². The molecule has 7 heteroatoms. The first-order chi connectivity index (χ1) is 11.3. The van der Waals surface area contributed by atoms with Gasteiger partial charge >= 0.3 is 0 Å². The third-order valence-corrected chi connectivity index (χ3v) is 3.22. The van der Waals surface area contributed by atoms with Gasteiger partial charge in [0.1, 0.15) is 18.4 Å². The number of methoxy groups -OCH3 is 1. The SMILES string of the molecule is COc1ccc(CC(=O)Nc2cccnc2-n2cncn2)cc1. The van der Waals surface area contributed by atoms with Crippen LogP contribution in [0.2, 0.25) is 0 Å². The zero-order valence-electron chi connectivity index (χ0n) is 12.5. The molecule has 2 heterocycles. The fourth-order valence-corrected chi connectivity index (χ4v) is 2.12. The summed E-state index contributed by atoms with van der Waals surface area (Å²) >= 11 is 0. The average Bonchev–Trinajstić information content (AvgIpc) is 3.10. The molecule has 7 nitrogen and oxygen atoms in total. The fraction of sp³-hybridized carbons (Fsp3) is 0.125. The van der Waals surface area contributed by atoms with Crippen LogP contribution in [0, 0.1) is 0 Å². The minimum Gasteiger partial charge on any atom is -0.497 e. The fourth-order valence-electron chi connectivity index (χ4n) is 2.12. The van der Waals surface area contributed by atoms with Crippen molar-refractivity contribution in [2.24, 2.45) is 0 Å². The zero-order chi connectivity index (χ0) is 16.1. The molecule has 0 aliphatic rings. The van der Waals surface area contributed by atoms with Gasteiger partial charge in [0.05, 0.1) is 19.2 Å². The Labute approximate surface area is 133 Å². The molecule has 0 spiro atoms. The van der Waals surface area contributed by atoms with Crippen LogP contribution >= 0.6 is 0 Å². The second-order valence-electron chi connectivity index (χ2n) is 4.79. The third kappa shape index (κ3) is 3.52. The van der Waals surface area contributed by atoms with Crippen molar-refractivity contribution >= 4 is 11.6 Å². The number of aromatic nitrogens is 4. The highest BCUT2D eigenvalue weighted by Gasteiger charge is 2.10. The second kappa shape index (κ2) is 6.69. The molecule has 116 valence electrons. The molecule has 0 fully saturated rings. The van der Waals surface area contributed by atoms with E-state index in [0.29, 0.717) is 11.5 Å². The summed E-state index contributed by atoms with van der Waals surface area (Å²) in [5, 5.41) is 6.89. The molecule has 2 aromatic heterocycles. The summed E-state index contributed by atoms with van der Waals surface area (Å²) in [6.45, 7) is 0. The molecule has 0 unspecified atom stereocenters. The van der Waals surface area contributed by atoms with E-state index < -0.39 is 0 Å². The van der Waals surface area contributed by atoms with E-state index in [1.807, 2.05) is 24.3 Å². The number of anilines is 1. The van der Waals surface area contributed by atoms with E-state index >= 15 is 0 Å². The lowest BCUT2D eigenvalue weighted by atomic mass is 10.1. The van der Waals surface area contributed by atoms with E-state index in [4.69, 9.17) is 4.74 Å².